The molecule has 0 saturated heterocycles. The van der Waals surface area contributed by atoms with E-state index in [1.54, 1.807) is 30.3 Å². The van der Waals surface area contributed by atoms with Gasteiger partial charge in [0.1, 0.15) is 12.3 Å². The summed E-state index contributed by atoms with van der Waals surface area (Å²) in [6, 6.07) is 10.2. The summed E-state index contributed by atoms with van der Waals surface area (Å²) < 4.78 is 0. The zero-order valence-corrected chi connectivity index (χ0v) is 16.2. The van der Waals surface area contributed by atoms with E-state index in [9.17, 15) is 9.90 Å². The van der Waals surface area contributed by atoms with Crippen molar-refractivity contribution in [1.82, 2.24) is 0 Å². The lowest BCUT2D eigenvalue weighted by molar-refractivity contribution is -0.114. The average Bonchev–Trinajstić information content (AvgIpc) is 2.61. The van der Waals surface area contributed by atoms with Crippen LogP contribution in [-0.4, -0.2) is 36.9 Å². The maximum atomic E-state index is 12.0. The Hall–Kier alpha value is -2.24. The molecule has 0 spiro atoms. The molecule has 2 aromatic carbocycles. The van der Waals surface area contributed by atoms with Crippen LogP contribution in [0.2, 0.25) is 10.0 Å². The van der Waals surface area contributed by atoms with Crippen LogP contribution in [0.3, 0.4) is 0 Å². The fourth-order valence-corrected chi connectivity index (χ4v) is 2.77. The molecule has 0 saturated carbocycles. The molecule has 26 heavy (non-hydrogen) atoms. The molecule has 0 aromatic heterocycles. The van der Waals surface area contributed by atoms with Gasteiger partial charge in [0.2, 0.25) is 5.91 Å². The number of nitrogens with one attached hydrogen (secondary N) is 1. The molecule has 2 rings (SSSR count). The summed E-state index contributed by atoms with van der Waals surface area (Å²) in [7, 11) is 0. The van der Waals surface area contributed by atoms with Gasteiger partial charge in [-0.3, -0.25) is 9.79 Å². The molecular weight excluding hydrogens is 373 g/mol. The topological polar surface area (TPSA) is 64.9 Å². The van der Waals surface area contributed by atoms with E-state index in [0.29, 0.717) is 21.3 Å². The Morgan fingerprint density at radius 3 is 2.58 bits per heavy atom. The minimum absolute atomic E-state index is 0.0971. The number of aromatic hydroxyl groups is 1. The van der Waals surface area contributed by atoms with Gasteiger partial charge in [0.15, 0.2) is 0 Å². The molecule has 5 nitrogen and oxygen atoms in total. The van der Waals surface area contributed by atoms with Crippen molar-refractivity contribution in [2.75, 3.05) is 29.9 Å². The lowest BCUT2D eigenvalue weighted by Crippen LogP contribution is -2.21. The summed E-state index contributed by atoms with van der Waals surface area (Å²) in [5.41, 5.74) is 1.93. The van der Waals surface area contributed by atoms with E-state index in [-0.39, 0.29) is 18.2 Å². The monoisotopic (exact) mass is 393 g/mol. The first-order chi connectivity index (χ1) is 12.4. The maximum Gasteiger partial charge on any atom is 0.246 e. The molecule has 7 heteroatoms. The normalized spacial score (nSPS) is 10.9. The van der Waals surface area contributed by atoms with Crippen molar-refractivity contribution in [3.05, 3.63) is 52.0 Å². The first kappa shape index (κ1) is 20.1. The Bertz CT molecular complexity index is 805. The van der Waals surface area contributed by atoms with Gasteiger partial charge in [-0.05, 0) is 44.2 Å². The number of amides is 1. The highest BCUT2D eigenvalue weighted by Gasteiger charge is 2.07. The van der Waals surface area contributed by atoms with E-state index < -0.39 is 0 Å². The predicted octanol–water partition coefficient (Wildman–Crippen LogP) is 4.60. The number of nitrogens with zero attached hydrogens (tertiary/aromatic N) is 2. The molecule has 0 radical (unpaired) electrons. The van der Waals surface area contributed by atoms with Crippen molar-refractivity contribution in [2.45, 2.75) is 13.8 Å². The highest BCUT2D eigenvalue weighted by Crippen LogP contribution is 2.25. The largest absolute Gasteiger partial charge is 0.507 e. The molecule has 0 fully saturated rings. The van der Waals surface area contributed by atoms with Crippen molar-refractivity contribution in [3.63, 3.8) is 0 Å². The molecule has 0 aliphatic heterocycles. The van der Waals surface area contributed by atoms with Crippen LogP contribution in [0.25, 0.3) is 0 Å². The van der Waals surface area contributed by atoms with Crippen LogP contribution in [0.5, 0.6) is 5.75 Å². The third-order valence-corrected chi connectivity index (χ3v) is 4.38. The molecule has 0 unspecified atom stereocenters. The summed E-state index contributed by atoms with van der Waals surface area (Å²) in [6.07, 6.45) is 1.47. The van der Waals surface area contributed by atoms with Gasteiger partial charge in [-0.1, -0.05) is 23.2 Å². The quantitative estimate of drug-likeness (QED) is 0.675. The number of hydrogen-bond donors (Lipinski definition) is 2. The van der Waals surface area contributed by atoms with Gasteiger partial charge in [0, 0.05) is 41.6 Å². The molecule has 0 aliphatic carbocycles. The minimum atomic E-state index is -0.329. The molecule has 0 heterocycles. The van der Waals surface area contributed by atoms with Crippen LogP contribution in [-0.2, 0) is 4.79 Å². The van der Waals surface area contributed by atoms with Crippen molar-refractivity contribution < 1.29 is 9.90 Å². The number of rotatable bonds is 7. The number of anilines is 2. The van der Waals surface area contributed by atoms with Gasteiger partial charge < -0.3 is 15.3 Å². The fourth-order valence-electron chi connectivity index (χ4n) is 2.44. The Balaban J connectivity index is 1.99. The number of hydrogen-bond acceptors (Lipinski definition) is 4. The second kappa shape index (κ2) is 9.46. The van der Waals surface area contributed by atoms with E-state index in [1.165, 1.54) is 6.21 Å². The molecule has 2 aromatic rings. The summed E-state index contributed by atoms with van der Waals surface area (Å²) in [5, 5.41) is 13.7. The Morgan fingerprint density at radius 2 is 1.92 bits per heavy atom. The third-order valence-electron chi connectivity index (χ3n) is 3.81. The van der Waals surface area contributed by atoms with Crippen LogP contribution in [0.15, 0.2) is 41.4 Å². The van der Waals surface area contributed by atoms with Gasteiger partial charge in [-0.2, -0.15) is 0 Å². The Kier molecular flexibility index (Phi) is 7.30. The van der Waals surface area contributed by atoms with Gasteiger partial charge in [-0.25, -0.2) is 0 Å². The number of carbonyl (C=O) groups excluding carboxylic acids is 1. The van der Waals surface area contributed by atoms with Crippen LogP contribution < -0.4 is 10.2 Å². The maximum absolute atomic E-state index is 12.0. The number of carbonyl (C=O) groups is 1. The molecular formula is C19H21Cl2N3O2. The second-order valence-corrected chi connectivity index (χ2v) is 6.40. The number of phenols is 1. The first-order valence-electron chi connectivity index (χ1n) is 8.27. The average molecular weight is 394 g/mol. The van der Waals surface area contributed by atoms with Crippen LogP contribution in [0.4, 0.5) is 11.4 Å². The van der Waals surface area contributed by atoms with E-state index in [4.69, 9.17) is 23.2 Å². The van der Waals surface area contributed by atoms with Crippen molar-refractivity contribution in [1.29, 1.82) is 0 Å². The molecule has 138 valence electrons. The smallest absolute Gasteiger partial charge is 0.246 e. The van der Waals surface area contributed by atoms with Crippen molar-refractivity contribution in [3.8, 4) is 5.75 Å². The van der Waals surface area contributed by atoms with Gasteiger partial charge in [0.05, 0.1) is 10.7 Å². The van der Waals surface area contributed by atoms with E-state index in [0.717, 1.165) is 18.8 Å². The predicted molar refractivity (Wildman–Crippen MR) is 109 cm³/mol. The van der Waals surface area contributed by atoms with E-state index >= 15 is 0 Å². The van der Waals surface area contributed by atoms with Crippen LogP contribution in [0.1, 0.15) is 19.4 Å². The number of phenolic OH excluding ortho intramolecular Hbond substituents is 1. The third kappa shape index (κ3) is 5.38. The lowest BCUT2D eigenvalue weighted by Gasteiger charge is -2.21. The summed E-state index contributed by atoms with van der Waals surface area (Å²) >= 11 is 11.9. The van der Waals surface area contributed by atoms with Crippen LogP contribution in [0, 0.1) is 0 Å². The molecule has 0 aliphatic rings. The first-order valence-corrected chi connectivity index (χ1v) is 9.02. The highest BCUT2D eigenvalue weighted by molar-refractivity contribution is 6.35. The Morgan fingerprint density at radius 1 is 1.19 bits per heavy atom. The highest BCUT2D eigenvalue weighted by atomic mass is 35.5. The lowest BCUT2D eigenvalue weighted by atomic mass is 10.2. The summed E-state index contributed by atoms with van der Waals surface area (Å²) in [5.74, 6) is -0.207. The zero-order valence-electron chi connectivity index (χ0n) is 14.7. The second-order valence-electron chi connectivity index (χ2n) is 5.56. The standard InChI is InChI=1S/C19H21Cl2N3O2/c1-3-24(4-2)15-7-5-13(18(25)10-15)11-22-12-19(26)23-17-9-14(20)6-8-16(17)21/h5-11,25H,3-4,12H2,1-2H3,(H,23,26). The number of benzene rings is 2. The van der Waals surface area contributed by atoms with Crippen molar-refractivity contribution in [2.24, 2.45) is 4.99 Å². The SMILES string of the molecule is CCN(CC)c1ccc(C=NCC(=O)Nc2cc(Cl)ccc2Cl)c(O)c1. The molecule has 0 bridgehead atoms. The van der Waals surface area contributed by atoms with Gasteiger partial charge in [-0.15, -0.1) is 0 Å². The molecule has 2 N–H and O–H groups in total. The molecule has 1 amide bonds. The van der Waals surface area contributed by atoms with E-state index in [1.807, 2.05) is 6.07 Å². The van der Waals surface area contributed by atoms with Crippen LogP contribution >= 0.6 is 23.2 Å². The number of aliphatic imine (C=N–C) groups is 1. The summed E-state index contributed by atoms with van der Waals surface area (Å²) in [6.45, 7) is 5.73. The van der Waals surface area contributed by atoms with Crippen molar-refractivity contribution >= 4 is 46.7 Å². The molecule has 0 atom stereocenters. The minimum Gasteiger partial charge on any atom is -0.507 e. The summed E-state index contributed by atoms with van der Waals surface area (Å²) in [4.78, 5) is 18.2. The fraction of sp³-hybridized carbons (Fsp3) is 0.263. The number of halogens is 2. The van der Waals surface area contributed by atoms with Gasteiger partial charge >= 0.3 is 0 Å². The zero-order chi connectivity index (χ0) is 19.1. The Labute approximate surface area is 163 Å². The van der Waals surface area contributed by atoms with E-state index in [2.05, 4.69) is 29.1 Å². The van der Waals surface area contributed by atoms with Gasteiger partial charge in [0.25, 0.3) is 0 Å².